The Balaban J connectivity index is 1.56. The van der Waals surface area contributed by atoms with Gasteiger partial charge in [0.1, 0.15) is 6.26 Å². The topological polar surface area (TPSA) is 81.0 Å². The number of likely N-dealkylation sites (tertiary alicyclic amines) is 1. The van der Waals surface area contributed by atoms with Crippen molar-refractivity contribution < 1.29 is 23.5 Å². The first-order chi connectivity index (χ1) is 16.5. The summed E-state index contributed by atoms with van der Waals surface area (Å²) < 4.78 is 15.7. The number of methoxy groups -OCH3 is 2. The van der Waals surface area contributed by atoms with Gasteiger partial charge in [0.05, 0.1) is 32.0 Å². The van der Waals surface area contributed by atoms with Crippen molar-refractivity contribution in [3.05, 3.63) is 77.7 Å². The molecule has 7 nitrogen and oxygen atoms in total. The number of carbonyl (C=O) groups excluding carboxylic acids is 2. The minimum Gasteiger partial charge on any atom is -0.493 e. The number of benzene rings is 2. The lowest BCUT2D eigenvalue weighted by Gasteiger charge is -2.37. The van der Waals surface area contributed by atoms with Gasteiger partial charge in [-0.3, -0.25) is 9.59 Å². The predicted molar refractivity (Wildman–Crippen MR) is 129 cm³/mol. The highest BCUT2D eigenvalue weighted by atomic mass is 16.5. The summed E-state index contributed by atoms with van der Waals surface area (Å²) in [5.41, 5.74) is 3.49. The molecule has 7 heteroatoms. The molecule has 0 aliphatic carbocycles. The third-order valence-corrected chi connectivity index (χ3v) is 6.39. The predicted octanol–water partition coefficient (Wildman–Crippen LogP) is 4.74. The van der Waals surface area contributed by atoms with Gasteiger partial charge in [-0.05, 0) is 42.2 Å². The highest BCUT2D eigenvalue weighted by Crippen LogP contribution is 2.34. The number of hydrogen-bond donors (Lipinski definition) is 1. The molecule has 4 rings (SSSR count). The molecule has 2 amide bonds. The Morgan fingerprint density at radius 3 is 2.44 bits per heavy atom. The molecule has 2 heterocycles. The maximum Gasteiger partial charge on any atom is 0.257 e. The molecule has 1 N–H and O–H groups in total. The number of hydrogen-bond acceptors (Lipinski definition) is 5. The number of nitrogens with one attached hydrogen (secondary N) is 1. The van der Waals surface area contributed by atoms with E-state index in [-0.39, 0.29) is 23.7 Å². The van der Waals surface area contributed by atoms with Gasteiger partial charge in [-0.15, -0.1) is 0 Å². The summed E-state index contributed by atoms with van der Waals surface area (Å²) in [6.07, 6.45) is 4.55. The molecular formula is C27H30N2O5. The van der Waals surface area contributed by atoms with Crippen LogP contribution in [0.15, 0.2) is 65.5 Å². The Morgan fingerprint density at radius 2 is 1.79 bits per heavy atom. The van der Waals surface area contributed by atoms with Crippen molar-refractivity contribution in [2.75, 3.05) is 32.6 Å². The zero-order valence-corrected chi connectivity index (χ0v) is 19.7. The summed E-state index contributed by atoms with van der Waals surface area (Å²) in [6, 6.07) is 15.4. The molecule has 2 unspecified atom stereocenters. The van der Waals surface area contributed by atoms with Gasteiger partial charge < -0.3 is 24.1 Å². The van der Waals surface area contributed by atoms with E-state index in [9.17, 15) is 9.59 Å². The molecule has 178 valence electrons. The van der Waals surface area contributed by atoms with Gasteiger partial charge in [0.25, 0.3) is 5.91 Å². The Morgan fingerprint density at radius 1 is 1.03 bits per heavy atom. The molecule has 1 aliphatic heterocycles. The summed E-state index contributed by atoms with van der Waals surface area (Å²) in [5, 5.41) is 2.99. The average Bonchev–Trinajstić information content (AvgIpc) is 3.43. The summed E-state index contributed by atoms with van der Waals surface area (Å²) in [6.45, 7) is 3.01. The van der Waals surface area contributed by atoms with Gasteiger partial charge in [0, 0.05) is 30.8 Å². The first-order valence-electron chi connectivity index (χ1n) is 11.5. The zero-order chi connectivity index (χ0) is 24.1. The highest BCUT2D eigenvalue weighted by molar-refractivity contribution is 5.96. The molecule has 2 aromatic carbocycles. The molecule has 1 aromatic heterocycles. The summed E-state index contributed by atoms with van der Waals surface area (Å²) >= 11 is 0. The molecule has 2 atom stereocenters. The second-order valence-corrected chi connectivity index (χ2v) is 8.51. The smallest absolute Gasteiger partial charge is 0.257 e. The van der Waals surface area contributed by atoms with E-state index in [4.69, 9.17) is 13.9 Å². The van der Waals surface area contributed by atoms with Crippen molar-refractivity contribution in [3.8, 4) is 11.5 Å². The van der Waals surface area contributed by atoms with Gasteiger partial charge >= 0.3 is 0 Å². The lowest BCUT2D eigenvalue weighted by Crippen LogP contribution is -2.46. The maximum absolute atomic E-state index is 13.3. The minimum atomic E-state index is -0.367. The number of rotatable bonds is 7. The number of piperidine rings is 1. The first kappa shape index (κ1) is 23.4. The quantitative estimate of drug-likeness (QED) is 0.548. The molecule has 1 saturated heterocycles. The highest BCUT2D eigenvalue weighted by Gasteiger charge is 2.35. The molecule has 0 spiro atoms. The molecule has 0 bridgehead atoms. The third kappa shape index (κ3) is 5.09. The third-order valence-electron chi connectivity index (χ3n) is 6.39. The van der Waals surface area contributed by atoms with E-state index in [2.05, 4.69) is 36.5 Å². The number of ether oxygens (including phenoxy) is 2. The molecular weight excluding hydrogens is 432 g/mol. The summed E-state index contributed by atoms with van der Waals surface area (Å²) in [7, 11) is 3.12. The van der Waals surface area contributed by atoms with E-state index >= 15 is 0 Å². The van der Waals surface area contributed by atoms with Crippen molar-refractivity contribution in [1.82, 2.24) is 4.90 Å². The van der Waals surface area contributed by atoms with Crippen LogP contribution in [0, 0.1) is 5.92 Å². The molecule has 0 saturated carbocycles. The van der Waals surface area contributed by atoms with Crippen molar-refractivity contribution in [2.45, 2.75) is 25.7 Å². The van der Waals surface area contributed by atoms with Crippen LogP contribution in [0.4, 0.5) is 5.69 Å². The van der Waals surface area contributed by atoms with E-state index in [0.29, 0.717) is 42.3 Å². The lowest BCUT2D eigenvalue weighted by molar-refractivity contribution is -0.121. The van der Waals surface area contributed by atoms with E-state index < -0.39 is 0 Å². The second-order valence-electron chi connectivity index (χ2n) is 8.51. The molecule has 1 fully saturated rings. The van der Waals surface area contributed by atoms with Crippen LogP contribution < -0.4 is 14.8 Å². The van der Waals surface area contributed by atoms with Crippen LogP contribution in [-0.2, 0) is 11.2 Å². The number of amides is 2. The number of nitrogens with zero attached hydrogens (tertiary/aromatic N) is 1. The fraction of sp³-hybridized carbons (Fsp3) is 0.333. The monoisotopic (exact) mass is 462 g/mol. The molecule has 34 heavy (non-hydrogen) atoms. The number of anilines is 1. The summed E-state index contributed by atoms with van der Waals surface area (Å²) in [5.74, 6) is 0.546. The SMILES string of the molecule is CCc1ccc(C2CC(C(=O)Nc3ccc(OC)c(OC)c3)CN(C(=O)c3ccoc3)C2)cc1. The van der Waals surface area contributed by atoms with Crippen molar-refractivity contribution in [1.29, 1.82) is 0 Å². The van der Waals surface area contributed by atoms with Gasteiger partial charge in [-0.25, -0.2) is 0 Å². The normalized spacial score (nSPS) is 17.8. The van der Waals surface area contributed by atoms with Crippen molar-refractivity contribution >= 4 is 17.5 Å². The second kappa shape index (κ2) is 10.5. The van der Waals surface area contributed by atoms with Gasteiger partial charge in [-0.1, -0.05) is 31.2 Å². The van der Waals surface area contributed by atoms with Gasteiger partial charge in [0.2, 0.25) is 5.91 Å². The maximum atomic E-state index is 13.3. The van der Waals surface area contributed by atoms with Gasteiger partial charge in [0.15, 0.2) is 11.5 Å². The van der Waals surface area contributed by atoms with Gasteiger partial charge in [-0.2, -0.15) is 0 Å². The van der Waals surface area contributed by atoms with E-state index in [1.807, 2.05) is 0 Å². The largest absolute Gasteiger partial charge is 0.493 e. The van der Waals surface area contributed by atoms with Crippen LogP contribution in [0.2, 0.25) is 0 Å². The number of carbonyl (C=O) groups is 2. The fourth-order valence-corrected chi connectivity index (χ4v) is 4.45. The minimum absolute atomic E-state index is 0.0525. The van der Waals surface area contributed by atoms with E-state index in [1.54, 1.807) is 43.4 Å². The van der Waals surface area contributed by atoms with Crippen LogP contribution in [-0.4, -0.2) is 44.0 Å². The van der Waals surface area contributed by atoms with Crippen LogP contribution in [0.1, 0.15) is 40.7 Å². The lowest BCUT2D eigenvalue weighted by atomic mass is 9.83. The number of furan rings is 1. The van der Waals surface area contributed by atoms with E-state index in [1.165, 1.54) is 18.1 Å². The van der Waals surface area contributed by atoms with Crippen molar-refractivity contribution in [3.63, 3.8) is 0 Å². The zero-order valence-electron chi connectivity index (χ0n) is 19.7. The Bertz CT molecular complexity index is 1120. The fourth-order valence-electron chi connectivity index (χ4n) is 4.45. The Hall–Kier alpha value is -3.74. The standard InChI is InChI=1S/C27H30N2O5/c1-4-18-5-7-19(8-6-18)21-13-22(16-29(15-21)27(31)20-11-12-34-17-20)26(30)28-23-9-10-24(32-2)25(14-23)33-3/h5-12,14,17,21-22H,4,13,15-16H2,1-3H3,(H,28,30). The summed E-state index contributed by atoms with van der Waals surface area (Å²) in [4.78, 5) is 28.2. The van der Waals surface area contributed by atoms with Crippen LogP contribution >= 0.6 is 0 Å². The Labute approximate surface area is 199 Å². The molecule has 1 aliphatic rings. The van der Waals surface area contributed by atoms with Crippen LogP contribution in [0.5, 0.6) is 11.5 Å². The molecule has 0 radical (unpaired) electrons. The van der Waals surface area contributed by atoms with Crippen LogP contribution in [0.25, 0.3) is 0 Å². The van der Waals surface area contributed by atoms with Crippen LogP contribution in [0.3, 0.4) is 0 Å². The van der Waals surface area contributed by atoms with Crippen molar-refractivity contribution in [2.24, 2.45) is 5.92 Å². The number of aryl methyl sites for hydroxylation is 1. The molecule has 3 aromatic rings. The average molecular weight is 463 g/mol. The van der Waals surface area contributed by atoms with E-state index in [0.717, 1.165) is 12.0 Å². The first-order valence-corrected chi connectivity index (χ1v) is 11.5. The Kier molecular flexibility index (Phi) is 7.21.